The molecule has 0 saturated heterocycles. The number of rotatable bonds is 4. The van der Waals surface area contributed by atoms with Gasteiger partial charge in [-0.05, 0) is 48.5 Å². The molecule has 30 heavy (non-hydrogen) atoms. The van der Waals surface area contributed by atoms with E-state index in [1.807, 2.05) is 30.3 Å². The molecule has 2 aromatic heterocycles. The average molecular weight is 416 g/mol. The van der Waals surface area contributed by atoms with Gasteiger partial charge in [-0.25, -0.2) is 9.78 Å². The van der Waals surface area contributed by atoms with Crippen LogP contribution in [0.2, 0.25) is 5.02 Å². The van der Waals surface area contributed by atoms with Crippen molar-refractivity contribution in [2.45, 2.75) is 0 Å². The van der Waals surface area contributed by atoms with Gasteiger partial charge in [0.1, 0.15) is 23.3 Å². The first-order valence-electron chi connectivity index (χ1n) is 8.87. The molecule has 2 heterocycles. The molecule has 0 fully saturated rings. The van der Waals surface area contributed by atoms with Gasteiger partial charge in [-0.2, -0.15) is 5.26 Å². The molecule has 2 amide bonds. The lowest BCUT2D eigenvalue weighted by atomic mass is 10.2. The van der Waals surface area contributed by atoms with Gasteiger partial charge in [0.25, 0.3) is 0 Å². The van der Waals surface area contributed by atoms with Crippen LogP contribution in [0.5, 0.6) is 11.5 Å². The Labute approximate surface area is 176 Å². The number of urea groups is 1. The van der Waals surface area contributed by atoms with Gasteiger partial charge in [-0.3, -0.25) is 4.98 Å². The lowest BCUT2D eigenvalue weighted by Gasteiger charge is -2.11. The maximum absolute atomic E-state index is 12.3. The number of anilines is 2. The van der Waals surface area contributed by atoms with Crippen LogP contribution in [0.4, 0.5) is 16.2 Å². The van der Waals surface area contributed by atoms with Gasteiger partial charge in [0.15, 0.2) is 0 Å². The first kappa shape index (κ1) is 19.2. The van der Waals surface area contributed by atoms with Crippen molar-refractivity contribution in [2.24, 2.45) is 0 Å². The van der Waals surface area contributed by atoms with Crippen molar-refractivity contribution in [1.82, 2.24) is 9.97 Å². The zero-order valence-corrected chi connectivity index (χ0v) is 16.2. The van der Waals surface area contributed by atoms with Crippen LogP contribution in [0.3, 0.4) is 0 Å². The Balaban J connectivity index is 1.43. The van der Waals surface area contributed by atoms with Crippen LogP contribution in [-0.4, -0.2) is 16.0 Å². The molecule has 0 aliphatic rings. The first-order chi connectivity index (χ1) is 14.6. The second-order valence-electron chi connectivity index (χ2n) is 6.23. The summed E-state index contributed by atoms with van der Waals surface area (Å²) in [5.74, 6) is 0.826. The van der Waals surface area contributed by atoms with Gasteiger partial charge >= 0.3 is 6.03 Å². The lowest BCUT2D eigenvalue weighted by molar-refractivity contribution is 0.262. The number of hydrogen-bond acceptors (Lipinski definition) is 5. The quantitative estimate of drug-likeness (QED) is 0.452. The highest BCUT2D eigenvalue weighted by Gasteiger charge is 2.09. The van der Waals surface area contributed by atoms with E-state index < -0.39 is 6.03 Å². The summed E-state index contributed by atoms with van der Waals surface area (Å²) in [5, 5.41) is 15.7. The normalized spacial score (nSPS) is 10.3. The molecular weight excluding hydrogens is 402 g/mol. The van der Waals surface area contributed by atoms with Crippen molar-refractivity contribution in [3.63, 3.8) is 0 Å². The minimum atomic E-state index is -0.407. The third kappa shape index (κ3) is 4.46. The number of carbonyl (C=O) groups is 1. The molecule has 2 N–H and O–H groups in total. The fourth-order valence-electron chi connectivity index (χ4n) is 2.77. The van der Waals surface area contributed by atoms with Gasteiger partial charge in [-0.15, -0.1) is 0 Å². The van der Waals surface area contributed by atoms with Crippen molar-refractivity contribution in [1.29, 1.82) is 5.26 Å². The van der Waals surface area contributed by atoms with Crippen LogP contribution in [0.15, 0.2) is 73.1 Å². The van der Waals surface area contributed by atoms with E-state index in [-0.39, 0.29) is 5.69 Å². The third-order valence-corrected chi connectivity index (χ3v) is 4.42. The standard InChI is InChI=1S/C22H14ClN5O2/c23-19-12-16(4-6-21(19)30-18-7-9-25-17(11-18)13-24)28-22(29)27-15-3-5-20-14(10-15)2-1-8-26-20/h1-12H,(H2,27,28,29). The fraction of sp³-hybridized carbons (Fsp3) is 0. The molecule has 0 atom stereocenters. The Kier molecular flexibility index (Phi) is 5.42. The number of pyridine rings is 2. The monoisotopic (exact) mass is 415 g/mol. The van der Waals surface area contributed by atoms with E-state index in [4.69, 9.17) is 21.6 Å². The van der Waals surface area contributed by atoms with Crippen molar-refractivity contribution in [3.8, 4) is 17.6 Å². The maximum atomic E-state index is 12.3. The summed E-state index contributed by atoms with van der Waals surface area (Å²) in [4.78, 5) is 20.5. The molecule has 8 heteroatoms. The number of fused-ring (bicyclic) bond motifs is 1. The highest BCUT2D eigenvalue weighted by atomic mass is 35.5. The van der Waals surface area contributed by atoms with Gasteiger partial charge in [0.05, 0.1) is 10.5 Å². The van der Waals surface area contributed by atoms with Crippen molar-refractivity contribution >= 4 is 39.9 Å². The average Bonchev–Trinajstić information content (AvgIpc) is 2.75. The SMILES string of the molecule is N#Cc1cc(Oc2ccc(NC(=O)Nc3ccc4ncccc4c3)cc2Cl)ccn1. The smallest absolute Gasteiger partial charge is 0.323 e. The number of nitrogens with one attached hydrogen (secondary N) is 2. The zero-order chi connectivity index (χ0) is 20.9. The highest BCUT2D eigenvalue weighted by Crippen LogP contribution is 2.31. The summed E-state index contributed by atoms with van der Waals surface area (Å²) >= 11 is 6.28. The molecule has 0 saturated carbocycles. The summed E-state index contributed by atoms with van der Waals surface area (Å²) in [5.41, 5.74) is 2.23. The second-order valence-corrected chi connectivity index (χ2v) is 6.63. The van der Waals surface area contributed by atoms with E-state index in [1.165, 1.54) is 12.3 Å². The molecule has 0 radical (unpaired) electrons. The van der Waals surface area contributed by atoms with Crippen LogP contribution in [-0.2, 0) is 0 Å². The first-order valence-corrected chi connectivity index (χ1v) is 9.25. The van der Waals surface area contributed by atoms with E-state index in [0.29, 0.717) is 27.9 Å². The minimum absolute atomic E-state index is 0.239. The lowest BCUT2D eigenvalue weighted by Crippen LogP contribution is -2.19. The number of benzene rings is 2. The number of aromatic nitrogens is 2. The summed E-state index contributed by atoms with van der Waals surface area (Å²) < 4.78 is 5.69. The molecule has 4 rings (SSSR count). The fourth-order valence-corrected chi connectivity index (χ4v) is 2.99. The van der Waals surface area contributed by atoms with Gasteiger partial charge in [-0.1, -0.05) is 17.7 Å². The third-order valence-electron chi connectivity index (χ3n) is 4.12. The van der Waals surface area contributed by atoms with E-state index in [2.05, 4.69) is 20.6 Å². The van der Waals surface area contributed by atoms with Crippen molar-refractivity contribution in [3.05, 3.63) is 83.8 Å². The predicted molar refractivity (Wildman–Crippen MR) is 115 cm³/mol. The topological polar surface area (TPSA) is 99.9 Å². The Morgan fingerprint density at radius 2 is 1.77 bits per heavy atom. The molecule has 0 aliphatic heterocycles. The number of carbonyl (C=O) groups excluding carboxylic acids is 1. The van der Waals surface area contributed by atoms with E-state index >= 15 is 0 Å². The maximum Gasteiger partial charge on any atom is 0.323 e. The Morgan fingerprint density at radius 3 is 2.57 bits per heavy atom. The van der Waals surface area contributed by atoms with Gasteiger partial charge < -0.3 is 15.4 Å². The molecule has 0 unspecified atom stereocenters. The second kappa shape index (κ2) is 8.47. The van der Waals surface area contributed by atoms with Crippen LogP contribution in [0.1, 0.15) is 5.69 Å². The van der Waals surface area contributed by atoms with Crippen molar-refractivity contribution < 1.29 is 9.53 Å². The number of ether oxygens (including phenoxy) is 1. The van der Waals surface area contributed by atoms with Crippen LogP contribution in [0, 0.1) is 11.3 Å². The van der Waals surface area contributed by atoms with Gasteiger partial charge in [0, 0.05) is 35.2 Å². The Morgan fingerprint density at radius 1 is 0.967 bits per heavy atom. The molecule has 4 aromatic rings. The molecule has 0 spiro atoms. The van der Waals surface area contributed by atoms with Crippen LogP contribution in [0.25, 0.3) is 10.9 Å². The Hall–Kier alpha value is -4.15. The molecular formula is C22H14ClN5O2. The number of amides is 2. The van der Waals surface area contributed by atoms with Gasteiger partial charge in [0.2, 0.25) is 0 Å². The molecule has 0 aliphatic carbocycles. The van der Waals surface area contributed by atoms with Crippen LogP contribution < -0.4 is 15.4 Å². The Bertz CT molecular complexity index is 1290. The van der Waals surface area contributed by atoms with Crippen LogP contribution >= 0.6 is 11.6 Å². The van der Waals surface area contributed by atoms with Crippen molar-refractivity contribution in [2.75, 3.05) is 10.6 Å². The minimum Gasteiger partial charge on any atom is -0.456 e. The summed E-state index contributed by atoms with van der Waals surface area (Å²) in [6, 6.07) is 18.8. The number of nitriles is 1. The number of nitrogens with zero attached hydrogens (tertiary/aromatic N) is 3. The van der Waals surface area contributed by atoms with E-state index in [9.17, 15) is 4.79 Å². The summed E-state index contributed by atoms with van der Waals surface area (Å²) in [7, 11) is 0. The summed E-state index contributed by atoms with van der Waals surface area (Å²) in [6.07, 6.45) is 3.20. The predicted octanol–water partition coefficient (Wildman–Crippen LogP) is 5.59. The molecule has 146 valence electrons. The number of hydrogen-bond donors (Lipinski definition) is 2. The largest absolute Gasteiger partial charge is 0.456 e. The molecule has 2 aromatic carbocycles. The molecule has 7 nitrogen and oxygen atoms in total. The molecule has 0 bridgehead atoms. The highest BCUT2D eigenvalue weighted by molar-refractivity contribution is 6.32. The van der Waals surface area contributed by atoms with E-state index in [0.717, 1.165) is 10.9 Å². The summed E-state index contributed by atoms with van der Waals surface area (Å²) in [6.45, 7) is 0. The number of halogens is 1. The zero-order valence-electron chi connectivity index (χ0n) is 15.5. The van der Waals surface area contributed by atoms with E-state index in [1.54, 1.807) is 36.5 Å².